The zero-order chi connectivity index (χ0) is 23.0. The van der Waals surface area contributed by atoms with Crippen molar-refractivity contribution in [3.8, 4) is 0 Å². The van der Waals surface area contributed by atoms with Gasteiger partial charge in [-0.15, -0.1) is 0 Å². The highest BCUT2D eigenvalue weighted by atomic mass is 16.5. The van der Waals surface area contributed by atoms with Gasteiger partial charge in [0.25, 0.3) is 0 Å². The van der Waals surface area contributed by atoms with Crippen LogP contribution in [-0.4, -0.2) is 40.2 Å². The molecule has 0 saturated carbocycles. The summed E-state index contributed by atoms with van der Waals surface area (Å²) in [4.78, 5) is 21.5. The van der Waals surface area contributed by atoms with Crippen LogP contribution in [0.5, 0.6) is 0 Å². The molecule has 0 spiro atoms. The molecule has 2 aromatic carbocycles. The molecule has 7 nitrogen and oxygen atoms in total. The average Bonchev–Trinajstić information content (AvgIpc) is 3.20. The van der Waals surface area contributed by atoms with Crippen LogP contribution in [0, 0.1) is 0 Å². The minimum absolute atomic E-state index is 0.00157. The summed E-state index contributed by atoms with van der Waals surface area (Å²) in [6, 6.07) is 17.7. The first-order valence-electron chi connectivity index (χ1n) is 11.6. The lowest BCUT2D eigenvalue weighted by atomic mass is 10.1. The van der Waals surface area contributed by atoms with Crippen molar-refractivity contribution in [2.45, 2.75) is 39.2 Å². The number of hydrogen-bond acceptors (Lipinski definition) is 5. The SMILES string of the molecule is CCCCc1nc2c(N)nc3ccccc3c2n1CCOCCNC(=O)Cc1ccccc1. The summed E-state index contributed by atoms with van der Waals surface area (Å²) in [5.41, 5.74) is 9.90. The van der Waals surface area contributed by atoms with E-state index in [1.54, 1.807) is 0 Å². The maximum absolute atomic E-state index is 12.1. The van der Waals surface area contributed by atoms with E-state index in [1.165, 1.54) is 0 Å². The molecule has 4 aromatic rings. The normalized spacial score (nSPS) is 11.3. The van der Waals surface area contributed by atoms with E-state index in [0.717, 1.165) is 52.6 Å². The maximum atomic E-state index is 12.1. The second-order valence-corrected chi connectivity index (χ2v) is 8.12. The van der Waals surface area contributed by atoms with Gasteiger partial charge in [0.05, 0.1) is 30.7 Å². The molecule has 0 atom stereocenters. The van der Waals surface area contributed by atoms with E-state index >= 15 is 0 Å². The summed E-state index contributed by atoms with van der Waals surface area (Å²) in [6.45, 7) is 4.31. The van der Waals surface area contributed by atoms with Gasteiger partial charge < -0.3 is 20.4 Å². The molecule has 7 heteroatoms. The van der Waals surface area contributed by atoms with E-state index in [-0.39, 0.29) is 5.91 Å². The fourth-order valence-corrected chi connectivity index (χ4v) is 4.04. The third-order valence-corrected chi connectivity index (χ3v) is 5.68. The largest absolute Gasteiger partial charge is 0.382 e. The molecule has 0 saturated heterocycles. The molecule has 0 fully saturated rings. The van der Waals surface area contributed by atoms with Gasteiger partial charge in [0.1, 0.15) is 11.3 Å². The van der Waals surface area contributed by atoms with Crippen molar-refractivity contribution in [3.05, 3.63) is 66.0 Å². The summed E-state index contributed by atoms with van der Waals surface area (Å²) < 4.78 is 8.07. The van der Waals surface area contributed by atoms with Crippen LogP contribution in [-0.2, 0) is 28.9 Å². The van der Waals surface area contributed by atoms with Gasteiger partial charge >= 0.3 is 0 Å². The smallest absolute Gasteiger partial charge is 0.224 e. The van der Waals surface area contributed by atoms with Gasteiger partial charge in [-0.25, -0.2) is 9.97 Å². The predicted molar refractivity (Wildman–Crippen MR) is 132 cm³/mol. The van der Waals surface area contributed by atoms with Crippen LogP contribution in [0.2, 0.25) is 0 Å². The Balaban J connectivity index is 1.39. The topological polar surface area (TPSA) is 95.1 Å². The first kappa shape index (κ1) is 22.7. The molecule has 0 aliphatic heterocycles. The first-order chi connectivity index (χ1) is 16.2. The molecule has 3 N–H and O–H groups in total. The first-order valence-corrected chi connectivity index (χ1v) is 11.6. The molecule has 2 heterocycles. The molecule has 1 amide bonds. The van der Waals surface area contributed by atoms with Crippen LogP contribution in [0.3, 0.4) is 0 Å². The number of benzene rings is 2. The molecule has 0 radical (unpaired) electrons. The number of rotatable bonds is 11. The van der Waals surface area contributed by atoms with Crippen molar-refractivity contribution in [1.29, 1.82) is 0 Å². The molecular formula is C26H31N5O2. The van der Waals surface area contributed by atoms with Gasteiger partial charge in [0, 0.05) is 24.9 Å². The Kier molecular flexibility index (Phi) is 7.52. The summed E-state index contributed by atoms with van der Waals surface area (Å²) in [5, 5.41) is 3.96. The lowest BCUT2D eigenvalue weighted by Gasteiger charge is -2.12. The highest BCUT2D eigenvalue weighted by Crippen LogP contribution is 2.29. The molecule has 0 aliphatic carbocycles. The van der Waals surface area contributed by atoms with Gasteiger partial charge in [-0.2, -0.15) is 0 Å². The number of carbonyl (C=O) groups excluding carboxylic acids is 1. The van der Waals surface area contributed by atoms with Crippen molar-refractivity contribution in [3.63, 3.8) is 0 Å². The maximum Gasteiger partial charge on any atom is 0.224 e. The Bertz CT molecular complexity index is 1220. The van der Waals surface area contributed by atoms with Crippen molar-refractivity contribution in [2.75, 3.05) is 25.5 Å². The molecular weight excluding hydrogens is 414 g/mol. The highest BCUT2D eigenvalue weighted by molar-refractivity contribution is 6.06. The average molecular weight is 446 g/mol. The number of pyridine rings is 1. The van der Waals surface area contributed by atoms with Crippen molar-refractivity contribution in [2.24, 2.45) is 0 Å². The number of unbranched alkanes of at least 4 members (excludes halogenated alkanes) is 1. The highest BCUT2D eigenvalue weighted by Gasteiger charge is 2.16. The second-order valence-electron chi connectivity index (χ2n) is 8.12. The zero-order valence-electron chi connectivity index (χ0n) is 19.1. The van der Waals surface area contributed by atoms with E-state index in [1.807, 2.05) is 48.5 Å². The second kappa shape index (κ2) is 10.9. The summed E-state index contributed by atoms with van der Waals surface area (Å²) in [6.07, 6.45) is 3.42. The zero-order valence-corrected chi connectivity index (χ0v) is 19.1. The van der Waals surface area contributed by atoms with E-state index in [2.05, 4.69) is 27.9 Å². The Morgan fingerprint density at radius 1 is 1.06 bits per heavy atom. The van der Waals surface area contributed by atoms with E-state index in [9.17, 15) is 4.79 Å². The van der Waals surface area contributed by atoms with Gasteiger partial charge in [-0.05, 0) is 18.1 Å². The number of fused-ring (bicyclic) bond motifs is 3. The quantitative estimate of drug-likeness (QED) is 0.342. The summed E-state index contributed by atoms with van der Waals surface area (Å²) in [7, 11) is 0. The Morgan fingerprint density at radius 2 is 1.85 bits per heavy atom. The molecule has 0 unspecified atom stereocenters. The summed E-state index contributed by atoms with van der Waals surface area (Å²) >= 11 is 0. The third kappa shape index (κ3) is 5.49. The standard InChI is InChI=1S/C26H31N5O2/c1-2-3-13-22-30-24-25(20-11-7-8-12-21(20)29-26(24)27)31(22)15-17-33-16-14-28-23(32)18-19-9-5-4-6-10-19/h4-12H,2-3,13-18H2,1H3,(H2,27,29)(H,28,32). The van der Waals surface area contributed by atoms with Crippen LogP contribution in [0.1, 0.15) is 31.2 Å². The van der Waals surface area contributed by atoms with Crippen LogP contribution >= 0.6 is 0 Å². The monoisotopic (exact) mass is 445 g/mol. The molecule has 2 aromatic heterocycles. The van der Waals surface area contributed by atoms with E-state index < -0.39 is 0 Å². The van der Waals surface area contributed by atoms with E-state index in [4.69, 9.17) is 15.5 Å². The van der Waals surface area contributed by atoms with Gasteiger partial charge in [0.15, 0.2) is 5.82 Å². The lowest BCUT2D eigenvalue weighted by molar-refractivity contribution is -0.120. The number of carbonyl (C=O) groups is 1. The fourth-order valence-electron chi connectivity index (χ4n) is 4.04. The number of nitrogens with one attached hydrogen (secondary N) is 1. The molecule has 172 valence electrons. The number of ether oxygens (including phenoxy) is 1. The van der Waals surface area contributed by atoms with Gasteiger partial charge in [-0.1, -0.05) is 61.9 Å². The number of anilines is 1. The number of imidazole rings is 1. The number of aromatic nitrogens is 3. The number of nitrogens with zero attached hydrogens (tertiary/aromatic N) is 3. The van der Waals surface area contributed by atoms with Gasteiger partial charge in [0.2, 0.25) is 5.91 Å². The molecule has 33 heavy (non-hydrogen) atoms. The molecule has 0 bridgehead atoms. The van der Waals surface area contributed by atoms with Crippen LogP contribution in [0.4, 0.5) is 5.82 Å². The van der Waals surface area contributed by atoms with Crippen molar-refractivity contribution < 1.29 is 9.53 Å². The Morgan fingerprint density at radius 3 is 2.67 bits per heavy atom. The van der Waals surface area contributed by atoms with Crippen molar-refractivity contribution in [1.82, 2.24) is 19.9 Å². The minimum atomic E-state index is 0.00157. The number of aryl methyl sites for hydroxylation is 1. The molecule has 4 rings (SSSR count). The number of para-hydroxylation sites is 1. The third-order valence-electron chi connectivity index (χ3n) is 5.68. The van der Waals surface area contributed by atoms with Crippen LogP contribution in [0.15, 0.2) is 54.6 Å². The summed E-state index contributed by atoms with van der Waals surface area (Å²) in [5.74, 6) is 1.47. The van der Waals surface area contributed by atoms with Crippen molar-refractivity contribution >= 4 is 33.7 Å². The van der Waals surface area contributed by atoms with E-state index in [0.29, 0.717) is 38.5 Å². The lowest BCUT2D eigenvalue weighted by Crippen LogP contribution is -2.29. The number of nitrogen functional groups attached to an aromatic ring is 1. The number of hydrogen-bond donors (Lipinski definition) is 2. The number of nitrogens with two attached hydrogens (primary N) is 1. The fraction of sp³-hybridized carbons (Fsp3) is 0.346. The Hall–Kier alpha value is -3.45. The van der Waals surface area contributed by atoms with Gasteiger partial charge in [-0.3, -0.25) is 4.79 Å². The van der Waals surface area contributed by atoms with Crippen LogP contribution in [0.25, 0.3) is 21.9 Å². The molecule has 0 aliphatic rings. The van der Waals surface area contributed by atoms with Crippen LogP contribution < -0.4 is 11.1 Å². The number of amides is 1. The predicted octanol–water partition coefficient (Wildman–Crippen LogP) is 3.88. The minimum Gasteiger partial charge on any atom is -0.382 e. The Labute approximate surface area is 194 Å².